The van der Waals surface area contributed by atoms with Gasteiger partial charge >= 0.3 is 0 Å². The average Bonchev–Trinajstić information content (AvgIpc) is 2.70. The largest absolute Gasteiger partial charge is 0.296 e. The number of nitrogens with zero attached hydrogens (tertiary/aromatic N) is 4. The molecule has 0 atom stereocenters. The van der Waals surface area contributed by atoms with Crippen molar-refractivity contribution in [2.75, 3.05) is 0 Å². The van der Waals surface area contributed by atoms with E-state index < -0.39 is 4.92 Å². The van der Waals surface area contributed by atoms with E-state index in [0.29, 0.717) is 10.2 Å². The highest BCUT2D eigenvalue weighted by Gasteiger charge is 2.15. The lowest BCUT2D eigenvalue weighted by Gasteiger charge is -2.01. The van der Waals surface area contributed by atoms with Crippen LogP contribution in [-0.2, 0) is 0 Å². The lowest BCUT2D eigenvalue weighted by molar-refractivity contribution is -0.384. The van der Waals surface area contributed by atoms with E-state index in [1.165, 1.54) is 23.4 Å². The van der Waals surface area contributed by atoms with Gasteiger partial charge in [0.15, 0.2) is 0 Å². The molecule has 1 aromatic carbocycles. The first kappa shape index (κ1) is 9.78. The van der Waals surface area contributed by atoms with Gasteiger partial charge in [-0.05, 0) is 12.1 Å². The molecule has 0 fully saturated rings. The molecule has 0 unspecified atom stereocenters. The number of hydrogen-bond acceptors (Lipinski definition) is 4. The van der Waals surface area contributed by atoms with Crippen LogP contribution in [0, 0.1) is 10.1 Å². The van der Waals surface area contributed by atoms with Crippen molar-refractivity contribution in [3.8, 4) is 5.69 Å². The summed E-state index contributed by atoms with van der Waals surface area (Å²) >= 11 is 3.18. The van der Waals surface area contributed by atoms with E-state index in [9.17, 15) is 10.1 Å². The van der Waals surface area contributed by atoms with E-state index in [2.05, 4.69) is 26.0 Å². The van der Waals surface area contributed by atoms with E-state index in [1.807, 2.05) is 0 Å². The lowest BCUT2D eigenvalue weighted by Crippen LogP contribution is -2.00. The number of halogens is 1. The van der Waals surface area contributed by atoms with Gasteiger partial charge in [0.2, 0.25) is 0 Å². The normalized spacial score (nSPS) is 10.2. The number of nitro groups is 1. The second-order valence-corrected chi connectivity index (χ2v) is 3.65. The number of nitro benzene ring substituents is 1. The standard InChI is InChI=1S/C8H5BrN4O2/c9-6-1-2-7(8(3-6)13(14)15)12-5-10-4-11-12/h1-5H. The molecule has 0 radical (unpaired) electrons. The van der Waals surface area contributed by atoms with Crippen LogP contribution in [-0.4, -0.2) is 19.7 Å². The molecule has 0 bridgehead atoms. The van der Waals surface area contributed by atoms with Gasteiger partial charge in [-0.25, -0.2) is 9.67 Å². The maximum atomic E-state index is 10.8. The lowest BCUT2D eigenvalue weighted by atomic mass is 10.3. The third-order valence-electron chi connectivity index (χ3n) is 1.80. The van der Waals surface area contributed by atoms with Crippen molar-refractivity contribution in [3.63, 3.8) is 0 Å². The zero-order chi connectivity index (χ0) is 10.8. The fourth-order valence-corrected chi connectivity index (χ4v) is 1.52. The topological polar surface area (TPSA) is 73.8 Å². The SMILES string of the molecule is O=[N+]([O-])c1cc(Br)ccc1-n1cncn1. The summed E-state index contributed by atoms with van der Waals surface area (Å²) in [6.45, 7) is 0. The number of benzene rings is 1. The van der Waals surface area contributed by atoms with Crippen LogP contribution in [0.5, 0.6) is 0 Å². The molecule has 0 saturated heterocycles. The van der Waals surface area contributed by atoms with Crippen LogP contribution in [0.15, 0.2) is 35.3 Å². The Morgan fingerprint density at radius 3 is 2.87 bits per heavy atom. The van der Waals surface area contributed by atoms with Gasteiger partial charge in [-0.3, -0.25) is 10.1 Å². The van der Waals surface area contributed by atoms with Crippen molar-refractivity contribution in [3.05, 3.63) is 45.4 Å². The van der Waals surface area contributed by atoms with Gasteiger partial charge in [0, 0.05) is 10.5 Å². The molecule has 0 aliphatic rings. The van der Waals surface area contributed by atoms with Crippen LogP contribution in [0.3, 0.4) is 0 Å². The average molecular weight is 269 g/mol. The first-order valence-corrected chi connectivity index (χ1v) is 4.77. The Morgan fingerprint density at radius 2 is 2.27 bits per heavy atom. The zero-order valence-electron chi connectivity index (χ0n) is 7.37. The predicted molar refractivity (Wildman–Crippen MR) is 55.7 cm³/mol. The Bertz CT molecular complexity index is 497. The minimum Gasteiger partial charge on any atom is -0.258 e. The van der Waals surface area contributed by atoms with E-state index in [1.54, 1.807) is 12.1 Å². The molecule has 2 rings (SSSR count). The first-order chi connectivity index (χ1) is 7.18. The van der Waals surface area contributed by atoms with Crippen LogP contribution in [0.2, 0.25) is 0 Å². The second kappa shape index (κ2) is 3.77. The molecular weight excluding hydrogens is 264 g/mol. The first-order valence-electron chi connectivity index (χ1n) is 3.97. The molecule has 6 nitrogen and oxygen atoms in total. The summed E-state index contributed by atoms with van der Waals surface area (Å²) in [7, 11) is 0. The zero-order valence-corrected chi connectivity index (χ0v) is 8.96. The molecule has 0 aliphatic heterocycles. The summed E-state index contributed by atoms with van der Waals surface area (Å²) < 4.78 is 2.00. The minimum atomic E-state index is -0.457. The summed E-state index contributed by atoms with van der Waals surface area (Å²) in [6, 6.07) is 4.75. The number of aromatic nitrogens is 3. The van der Waals surface area contributed by atoms with E-state index in [-0.39, 0.29) is 5.69 Å². The van der Waals surface area contributed by atoms with E-state index in [4.69, 9.17) is 0 Å². The fraction of sp³-hybridized carbons (Fsp3) is 0. The molecule has 0 spiro atoms. The van der Waals surface area contributed by atoms with Gasteiger partial charge in [0.1, 0.15) is 18.3 Å². The quantitative estimate of drug-likeness (QED) is 0.616. The van der Waals surface area contributed by atoms with Crippen LogP contribution >= 0.6 is 15.9 Å². The molecule has 0 saturated carbocycles. The predicted octanol–water partition coefficient (Wildman–Crippen LogP) is 1.94. The maximum absolute atomic E-state index is 10.8. The van der Waals surface area contributed by atoms with Gasteiger partial charge in [-0.1, -0.05) is 15.9 Å². The molecule has 1 heterocycles. The highest BCUT2D eigenvalue weighted by atomic mass is 79.9. The Morgan fingerprint density at radius 1 is 1.47 bits per heavy atom. The maximum Gasteiger partial charge on any atom is 0.296 e. The molecule has 1 aromatic heterocycles. The molecule has 76 valence electrons. The third-order valence-corrected chi connectivity index (χ3v) is 2.29. The monoisotopic (exact) mass is 268 g/mol. The van der Waals surface area contributed by atoms with Gasteiger partial charge in [-0.2, -0.15) is 5.10 Å². The van der Waals surface area contributed by atoms with Gasteiger partial charge in [0.25, 0.3) is 5.69 Å². The van der Waals surface area contributed by atoms with E-state index in [0.717, 1.165) is 0 Å². The van der Waals surface area contributed by atoms with E-state index >= 15 is 0 Å². The summed E-state index contributed by atoms with van der Waals surface area (Å²) in [5.74, 6) is 0. The second-order valence-electron chi connectivity index (χ2n) is 2.73. The smallest absolute Gasteiger partial charge is 0.258 e. The fourth-order valence-electron chi connectivity index (χ4n) is 1.17. The van der Waals surface area contributed by atoms with Crippen LogP contribution in [0.1, 0.15) is 0 Å². The van der Waals surface area contributed by atoms with Crippen LogP contribution in [0.4, 0.5) is 5.69 Å². The van der Waals surface area contributed by atoms with Crippen molar-refractivity contribution >= 4 is 21.6 Å². The van der Waals surface area contributed by atoms with Gasteiger partial charge in [-0.15, -0.1) is 0 Å². The Kier molecular flexibility index (Phi) is 2.46. The summed E-state index contributed by atoms with van der Waals surface area (Å²) in [5.41, 5.74) is 0.371. The highest BCUT2D eigenvalue weighted by Crippen LogP contribution is 2.25. The van der Waals surface area contributed by atoms with Crippen molar-refractivity contribution in [2.45, 2.75) is 0 Å². The molecule has 0 amide bonds. The third kappa shape index (κ3) is 1.86. The summed E-state index contributed by atoms with van der Waals surface area (Å²) in [4.78, 5) is 14.1. The van der Waals surface area contributed by atoms with Crippen LogP contribution in [0.25, 0.3) is 5.69 Å². The van der Waals surface area contributed by atoms with Crippen molar-refractivity contribution in [1.82, 2.24) is 14.8 Å². The molecule has 7 heteroatoms. The summed E-state index contributed by atoms with van der Waals surface area (Å²) in [6.07, 6.45) is 2.74. The highest BCUT2D eigenvalue weighted by molar-refractivity contribution is 9.10. The Balaban J connectivity index is 2.61. The van der Waals surface area contributed by atoms with Crippen molar-refractivity contribution in [2.24, 2.45) is 0 Å². The molecule has 2 aromatic rings. The Labute approximate surface area is 92.8 Å². The van der Waals surface area contributed by atoms with Crippen molar-refractivity contribution in [1.29, 1.82) is 0 Å². The Hall–Kier alpha value is -1.76. The minimum absolute atomic E-state index is 0.0186. The molecule has 15 heavy (non-hydrogen) atoms. The number of rotatable bonds is 2. The number of hydrogen-bond donors (Lipinski definition) is 0. The van der Waals surface area contributed by atoms with Gasteiger partial charge < -0.3 is 0 Å². The molecule has 0 N–H and O–H groups in total. The summed E-state index contributed by atoms with van der Waals surface area (Å²) in [5, 5.41) is 14.6. The molecular formula is C8H5BrN4O2. The van der Waals surface area contributed by atoms with Crippen LogP contribution < -0.4 is 0 Å². The molecule has 0 aliphatic carbocycles. The van der Waals surface area contributed by atoms with Gasteiger partial charge in [0.05, 0.1) is 4.92 Å². The van der Waals surface area contributed by atoms with Crippen molar-refractivity contribution < 1.29 is 4.92 Å².